The van der Waals surface area contributed by atoms with Crippen molar-refractivity contribution in [2.24, 2.45) is 0 Å². The fraction of sp³-hybridized carbons (Fsp3) is 0.933. The van der Waals surface area contributed by atoms with E-state index < -0.39 is 0 Å². The molecule has 2 aliphatic heterocycles. The van der Waals surface area contributed by atoms with E-state index in [0.717, 1.165) is 19.3 Å². The minimum atomic E-state index is -0.0182. The smallest absolute Gasteiger partial charge is 0.305 e. The summed E-state index contributed by atoms with van der Waals surface area (Å²) in [5, 5.41) is 0. The number of carbonyl (C=O) groups excluding carboxylic acids is 1. The van der Waals surface area contributed by atoms with E-state index in [1.807, 2.05) is 0 Å². The Morgan fingerprint density at radius 3 is 2.17 bits per heavy atom. The van der Waals surface area contributed by atoms with E-state index in [1.165, 1.54) is 44.9 Å². The van der Waals surface area contributed by atoms with Crippen molar-refractivity contribution < 1.29 is 14.3 Å². The monoisotopic (exact) mass is 254 g/mol. The molecule has 104 valence electrons. The summed E-state index contributed by atoms with van der Waals surface area (Å²) in [7, 11) is 0. The molecule has 0 radical (unpaired) electrons. The van der Waals surface area contributed by atoms with Crippen molar-refractivity contribution in [3.63, 3.8) is 0 Å². The first-order chi connectivity index (χ1) is 8.86. The zero-order chi connectivity index (χ0) is 12.6. The maximum Gasteiger partial charge on any atom is 0.305 e. The van der Waals surface area contributed by atoms with Gasteiger partial charge >= 0.3 is 5.97 Å². The highest BCUT2D eigenvalue weighted by atomic mass is 16.6. The average molecular weight is 254 g/mol. The fourth-order valence-corrected chi connectivity index (χ4v) is 2.73. The summed E-state index contributed by atoms with van der Waals surface area (Å²) in [5.41, 5.74) is 0. The lowest BCUT2D eigenvalue weighted by Crippen LogP contribution is -2.07. The summed E-state index contributed by atoms with van der Waals surface area (Å²) in [6.45, 7) is 0.575. The van der Waals surface area contributed by atoms with Crippen LogP contribution in [0.15, 0.2) is 0 Å². The van der Waals surface area contributed by atoms with Gasteiger partial charge < -0.3 is 9.47 Å². The molecule has 2 aliphatic rings. The minimum absolute atomic E-state index is 0.0182. The van der Waals surface area contributed by atoms with E-state index >= 15 is 0 Å². The van der Waals surface area contributed by atoms with Gasteiger partial charge in [0, 0.05) is 6.42 Å². The van der Waals surface area contributed by atoms with Gasteiger partial charge in [-0.1, -0.05) is 38.5 Å². The Morgan fingerprint density at radius 2 is 1.39 bits per heavy atom. The van der Waals surface area contributed by atoms with Gasteiger partial charge in [-0.15, -0.1) is 0 Å². The molecule has 3 heteroatoms. The number of rotatable bonds is 0. The van der Waals surface area contributed by atoms with Gasteiger partial charge in [0.1, 0.15) is 0 Å². The van der Waals surface area contributed by atoms with E-state index in [0.29, 0.717) is 25.2 Å². The molecule has 0 saturated carbocycles. The SMILES string of the molecule is O=C1CCCCCCCCC[C@@H]2O[C@H]2CCCO1. The van der Waals surface area contributed by atoms with Crippen molar-refractivity contribution >= 4 is 5.97 Å². The summed E-state index contributed by atoms with van der Waals surface area (Å²) in [6, 6.07) is 0. The maximum absolute atomic E-state index is 11.4. The number of hydrogen-bond acceptors (Lipinski definition) is 3. The molecule has 0 bridgehead atoms. The summed E-state index contributed by atoms with van der Waals surface area (Å²) in [6.07, 6.45) is 13.5. The van der Waals surface area contributed by atoms with E-state index in [1.54, 1.807) is 0 Å². The highest BCUT2D eigenvalue weighted by Crippen LogP contribution is 2.31. The van der Waals surface area contributed by atoms with Crippen molar-refractivity contribution in [3.8, 4) is 0 Å². The molecule has 0 aliphatic carbocycles. The maximum atomic E-state index is 11.4. The molecule has 2 atom stereocenters. The van der Waals surface area contributed by atoms with Crippen LogP contribution in [0, 0.1) is 0 Å². The molecule has 0 spiro atoms. The molecule has 2 fully saturated rings. The van der Waals surface area contributed by atoms with Crippen LogP contribution in [0.1, 0.15) is 70.6 Å². The van der Waals surface area contributed by atoms with Crippen LogP contribution in [-0.4, -0.2) is 24.8 Å². The molecule has 0 aromatic rings. The topological polar surface area (TPSA) is 38.8 Å². The number of epoxide rings is 1. The third-order valence-electron chi connectivity index (χ3n) is 3.95. The van der Waals surface area contributed by atoms with E-state index in [2.05, 4.69) is 0 Å². The Bertz CT molecular complexity index is 252. The van der Waals surface area contributed by atoms with Gasteiger partial charge in [-0.05, 0) is 25.7 Å². The molecule has 0 amide bonds. The Balaban J connectivity index is 1.64. The molecule has 18 heavy (non-hydrogen) atoms. The van der Waals surface area contributed by atoms with Gasteiger partial charge in [-0.2, -0.15) is 0 Å². The van der Waals surface area contributed by atoms with Crippen LogP contribution in [0.25, 0.3) is 0 Å². The van der Waals surface area contributed by atoms with E-state index in [-0.39, 0.29) is 5.97 Å². The molecule has 3 nitrogen and oxygen atoms in total. The minimum Gasteiger partial charge on any atom is -0.466 e. The van der Waals surface area contributed by atoms with Crippen LogP contribution < -0.4 is 0 Å². The zero-order valence-corrected chi connectivity index (χ0v) is 11.4. The third-order valence-corrected chi connectivity index (χ3v) is 3.95. The van der Waals surface area contributed by atoms with E-state index in [9.17, 15) is 4.79 Å². The number of esters is 1. The molecule has 2 saturated heterocycles. The predicted octanol–water partition coefficient (Wildman–Crippen LogP) is 3.60. The molecular formula is C15H26O3. The molecule has 2 rings (SSSR count). The van der Waals surface area contributed by atoms with Gasteiger partial charge in [-0.3, -0.25) is 4.79 Å². The van der Waals surface area contributed by atoms with Crippen molar-refractivity contribution in [3.05, 3.63) is 0 Å². The largest absolute Gasteiger partial charge is 0.466 e. The van der Waals surface area contributed by atoms with Crippen molar-refractivity contribution in [2.75, 3.05) is 6.61 Å². The van der Waals surface area contributed by atoms with E-state index in [4.69, 9.17) is 9.47 Å². The van der Waals surface area contributed by atoms with Crippen molar-refractivity contribution in [1.82, 2.24) is 0 Å². The first-order valence-corrected chi connectivity index (χ1v) is 7.67. The number of hydrogen-bond donors (Lipinski definition) is 0. The zero-order valence-electron chi connectivity index (χ0n) is 11.4. The summed E-state index contributed by atoms with van der Waals surface area (Å²) in [5.74, 6) is -0.0182. The lowest BCUT2D eigenvalue weighted by molar-refractivity contribution is -0.143. The molecular weight excluding hydrogens is 228 g/mol. The summed E-state index contributed by atoms with van der Waals surface area (Å²) < 4.78 is 10.8. The Labute approximate surface area is 110 Å². The Hall–Kier alpha value is -0.570. The highest BCUT2D eigenvalue weighted by molar-refractivity contribution is 5.69. The van der Waals surface area contributed by atoms with Crippen LogP contribution >= 0.6 is 0 Å². The quantitative estimate of drug-likeness (QED) is 0.489. The normalized spacial score (nSPS) is 32.3. The first-order valence-electron chi connectivity index (χ1n) is 7.67. The second-order valence-electron chi connectivity index (χ2n) is 5.59. The summed E-state index contributed by atoms with van der Waals surface area (Å²) in [4.78, 5) is 11.4. The second-order valence-corrected chi connectivity index (χ2v) is 5.59. The molecule has 0 unspecified atom stereocenters. The number of fused-ring (bicyclic) bond motifs is 1. The van der Waals surface area contributed by atoms with Crippen LogP contribution in [0.5, 0.6) is 0 Å². The third kappa shape index (κ3) is 5.38. The Morgan fingerprint density at radius 1 is 0.778 bits per heavy atom. The number of cyclic esters (lactones) is 1. The van der Waals surface area contributed by atoms with Gasteiger partial charge in [0.05, 0.1) is 18.8 Å². The van der Waals surface area contributed by atoms with Crippen molar-refractivity contribution in [2.45, 2.75) is 82.8 Å². The lowest BCUT2D eigenvalue weighted by Gasteiger charge is -2.05. The standard InChI is InChI=1S/C15H26O3/c16-15-11-7-5-3-1-2-4-6-9-13-14(18-13)10-8-12-17-15/h13-14H,1-12H2/t13-,14-/m0/s1. The summed E-state index contributed by atoms with van der Waals surface area (Å²) >= 11 is 0. The van der Waals surface area contributed by atoms with Crippen LogP contribution in [-0.2, 0) is 14.3 Å². The first kappa shape index (κ1) is 13.9. The van der Waals surface area contributed by atoms with Gasteiger partial charge in [0.2, 0.25) is 0 Å². The highest BCUT2D eigenvalue weighted by Gasteiger charge is 2.36. The second kappa shape index (κ2) is 7.78. The molecule has 0 aromatic carbocycles. The number of ether oxygens (including phenoxy) is 2. The van der Waals surface area contributed by atoms with Crippen LogP contribution in [0.3, 0.4) is 0 Å². The molecule has 2 heterocycles. The van der Waals surface area contributed by atoms with Crippen LogP contribution in [0.4, 0.5) is 0 Å². The average Bonchev–Trinajstić information content (AvgIpc) is 3.10. The number of carbonyl (C=O) groups is 1. The molecule has 0 aromatic heterocycles. The van der Waals surface area contributed by atoms with Gasteiger partial charge in [0.15, 0.2) is 0 Å². The van der Waals surface area contributed by atoms with Crippen molar-refractivity contribution in [1.29, 1.82) is 0 Å². The van der Waals surface area contributed by atoms with Gasteiger partial charge in [0.25, 0.3) is 0 Å². The molecule has 0 N–H and O–H groups in total. The Kier molecular flexibility index (Phi) is 5.98. The van der Waals surface area contributed by atoms with Gasteiger partial charge in [-0.25, -0.2) is 0 Å². The predicted molar refractivity (Wildman–Crippen MR) is 70.4 cm³/mol. The fourth-order valence-electron chi connectivity index (χ4n) is 2.73. The lowest BCUT2D eigenvalue weighted by atomic mass is 10.0. The van der Waals surface area contributed by atoms with Crippen LogP contribution in [0.2, 0.25) is 0 Å².